The fourth-order valence-corrected chi connectivity index (χ4v) is 3.37. The summed E-state index contributed by atoms with van der Waals surface area (Å²) in [6.45, 7) is 7.20. The van der Waals surface area contributed by atoms with Gasteiger partial charge >= 0.3 is 6.03 Å². The van der Waals surface area contributed by atoms with Gasteiger partial charge in [0.25, 0.3) is 0 Å². The molecule has 1 aromatic heterocycles. The van der Waals surface area contributed by atoms with Gasteiger partial charge in [-0.1, -0.05) is 26.8 Å². The molecule has 0 aliphatic rings. The van der Waals surface area contributed by atoms with Gasteiger partial charge < -0.3 is 10.6 Å². The van der Waals surface area contributed by atoms with Gasteiger partial charge in [-0.2, -0.15) is 0 Å². The molecule has 0 fully saturated rings. The van der Waals surface area contributed by atoms with E-state index in [0.29, 0.717) is 0 Å². The molecule has 0 saturated carbocycles. The molecule has 19 heavy (non-hydrogen) atoms. The predicted molar refractivity (Wildman–Crippen MR) is 83.6 cm³/mol. The van der Waals surface area contributed by atoms with Crippen LogP contribution in [-0.4, -0.2) is 37.0 Å². The molecule has 0 spiro atoms. The summed E-state index contributed by atoms with van der Waals surface area (Å²) in [5, 5.41) is 7.70. The summed E-state index contributed by atoms with van der Waals surface area (Å²) in [5.74, 6) is 0. The van der Waals surface area contributed by atoms with E-state index in [1.807, 2.05) is 6.07 Å². The number of carbonyl (C=O) groups is 1. The lowest BCUT2D eigenvalue weighted by molar-refractivity contribution is 0.211. The summed E-state index contributed by atoms with van der Waals surface area (Å²) < 4.78 is 3.42. The largest absolute Gasteiger partial charge is 0.341 e. The minimum Gasteiger partial charge on any atom is -0.341 e. The second-order valence-corrected chi connectivity index (χ2v) is 7.93. The molecule has 0 radical (unpaired) electrons. The summed E-state index contributed by atoms with van der Waals surface area (Å²) in [6, 6.07) is 4.11. The Labute approximate surface area is 124 Å². The molecule has 4 nitrogen and oxygen atoms in total. The highest BCUT2D eigenvalue weighted by molar-refractivity contribution is 7.98. The van der Waals surface area contributed by atoms with Crippen molar-refractivity contribution in [1.29, 1.82) is 0 Å². The van der Waals surface area contributed by atoms with Crippen LogP contribution in [0.15, 0.2) is 21.7 Å². The Balaban J connectivity index is 2.58. The molecule has 0 aromatic carbocycles. The summed E-state index contributed by atoms with van der Waals surface area (Å²) in [5.41, 5.74) is 0.0107. The van der Waals surface area contributed by atoms with Gasteiger partial charge in [-0.05, 0) is 35.9 Å². The van der Waals surface area contributed by atoms with Crippen LogP contribution < -0.4 is 10.6 Å². The average Bonchev–Trinajstić information content (AvgIpc) is 2.79. The SMILES string of the molecule is CNC(=O)N[C@H](CN(C)Sc1cccs1)C(C)(C)C. The van der Waals surface area contributed by atoms with Crippen LogP contribution in [0.3, 0.4) is 0 Å². The number of nitrogens with zero attached hydrogens (tertiary/aromatic N) is 1. The van der Waals surface area contributed by atoms with Crippen LogP contribution in [0.4, 0.5) is 4.79 Å². The van der Waals surface area contributed by atoms with E-state index in [9.17, 15) is 4.79 Å². The Morgan fingerprint density at radius 3 is 2.68 bits per heavy atom. The van der Waals surface area contributed by atoms with Crippen LogP contribution in [0.2, 0.25) is 0 Å². The summed E-state index contributed by atoms with van der Waals surface area (Å²) in [6.07, 6.45) is 0. The number of thiophene rings is 1. The number of carbonyl (C=O) groups excluding carboxylic acids is 1. The molecular weight excluding hydrogens is 278 g/mol. The van der Waals surface area contributed by atoms with Crippen LogP contribution in [0.25, 0.3) is 0 Å². The van der Waals surface area contributed by atoms with Gasteiger partial charge in [-0.15, -0.1) is 11.3 Å². The van der Waals surface area contributed by atoms with Crippen molar-refractivity contribution < 1.29 is 4.79 Å². The van der Waals surface area contributed by atoms with E-state index in [0.717, 1.165) is 6.54 Å². The highest BCUT2D eigenvalue weighted by atomic mass is 32.2. The normalized spacial score (nSPS) is 13.4. The number of hydrogen-bond acceptors (Lipinski definition) is 4. The first kappa shape index (κ1) is 16.3. The van der Waals surface area contributed by atoms with Crippen molar-refractivity contribution in [3.05, 3.63) is 17.5 Å². The Morgan fingerprint density at radius 1 is 1.53 bits per heavy atom. The highest BCUT2D eigenvalue weighted by Crippen LogP contribution is 2.28. The molecule has 0 unspecified atom stereocenters. The molecule has 0 bridgehead atoms. The van der Waals surface area contributed by atoms with E-state index >= 15 is 0 Å². The average molecular weight is 301 g/mol. The van der Waals surface area contributed by atoms with E-state index in [-0.39, 0.29) is 17.5 Å². The third kappa shape index (κ3) is 5.84. The molecule has 1 aromatic rings. The summed E-state index contributed by atoms with van der Waals surface area (Å²) >= 11 is 3.44. The van der Waals surface area contributed by atoms with Crippen LogP contribution in [0.1, 0.15) is 20.8 Å². The van der Waals surface area contributed by atoms with E-state index in [4.69, 9.17) is 0 Å². The first-order valence-electron chi connectivity index (χ1n) is 6.24. The zero-order valence-electron chi connectivity index (χ0n) is 12.2. The van der Waals surface area contributed by atoms with Crippen molar-refractivity contribution in [2.24, 2.45) is 5.41 Å². The van der Waals surface area contributed by atoms with Gasteiger partial charge in [-0.3, -0.25) is 0 Å². The smallest absolute Gasteiger partial charge is 0.314 e. The lowest BCUT2D eigenvalue weighted by Gasteiger charge is -2.33. The molecule has 1 rings (SSSR count). The van der Waals surface area contributed by atoms with Gasteiger partial charge in [0.15, 0.2) is 0 Å². The Hall–Kier alpha value is -0.720. The van der Waals surface area contributed by atoms with Crippen molar-refractivity contribution in [1.82, 2.24) is 14.9 Å². The number of urea groups is 1. The first-order chi connectivity index (χ1) is 8.82. The third-order valence-corrected chi connectivity index (χ3v) is 4.71. The highest BCUT2D eigenvalue weighted by Gasteiger charge is 2.27. The molecule has 6 heteroatoms. The van der Waals surface area contributed by atoms with Crippen molar-refractivity contribution >= 4 is 29.3 Å². The maximum Gasteiger partial charge on any atom is 0.314 e. The minimum atomic E-state index is -0.130. The van der Waals surface area contributed by atoms with Gasteiger partial charge in [0, 0.05) is 19.6 Å². The maximum absolute atomic E-state index is 11.5. The molecule has 2 amide bonds. The van der Waals surface area contributed by atoms with E-state index in [1.54, 1.807) is 30.3 Å². The van der Waals surface area contributed by atoms with Crippen LogP contribution >= 0.6 is 23.3 Å². The molecule has 108 valence electrons. The number of amides is 2. The van der Waals surface area contributed by atoms with Gasteiger partial charge in [0.1, 0.15) is 0 Å². The lowest BCUT2D eigenvalue weighted by Crippen LogP contribution is -2.51. The maximum atomic E-state index is 11.5. The summed E-state index contributed by atoms with van der Waals surface area (Å²) in [4.78, 5) is 11.5. The van der Waals surface area contributed by atoms with Crippen molar-refractivity contribution in [2.45, 2.75) is 31.0 Å². The monoisotopic (exact) mass is 301 g/mol. The molecular formula is C13H23N3OS2. The topological polar surface area (TPSA) is 44.4 Å². The lowest BCUT2D eigenvalue weighted by atomic mass is 9.87. The Bertz CT molecular complexity index is 387. The molecule has 0 saturated heterocycles. The second-order valence-electron chi connectivity index (χ2n) is 5.48. The van der Waals surface area contributed by atoms with Gasteiger partial charge in [0.2, 0.25) is 0 Å². The van der Waals surface area contributed by atoms with Crippen LogP contribution in [0, 0.1) is 5.41 Å². The quantitative estimate of drug-likeness (QED) is 0.822. The molecule has 1 heterocycles. The predicted octanol–water partition coefficient (Wildman–Crippen LogP) is 3.03. The van der Waals surface area contributed by atoms with Crippen molar-refractivity contribution in [2.75, 3.05) is 20.6 Å². The zero-order valence-corrected chi connectivity index (χ0v) is 13.8. The molecule has 0 aliphatic carbocycles. The number of likely N-dealkylation sites (N-methyl/N-ethyl adjacent to an activating group) is 1. The molecule has 0 aliphatic heterocycles. The number of rotatable bonds is 5. The van der Waals surface area contributed by atoms with Gasteiger partial charge in [-0.25, -0.2) is 9.10 Å². The third-order valence-electron chi connectivity index (χ3n) is 2.76. The fraction of sp³-hybridized carbons (Fsp3) is 0.615. The zero-order chi connectivity index (χ0) is 14.5. The van der Waals surface area contributed by atoms with E-state index in [1.165, 1.54) is 4.21 Å². The Morgan fingerprint density at radius 2 is 2.21 bits per heavy atom. The number of hydrogen-bond donors (Lipinski definition) is 2. The summed E-state index contributed by atoms with van der Waals surface area (Å²) in [7, 11) is 3.69. The van der Waals surface area contributed by atoms with E-state index in [2.05, 4.69) is 54.2 Å². The fourth-order valence-electron chi connectivity index (χ4n) is 1.53. The molecule has 2 N–H and O–H groups in total. The second kappa shape index (κ2) is 7.17. The minimum absolute atomic E-state index is 0.0107. The van der Waals surface area contributed by atoms with Crippen LogP contribution in [-0.2, 0) is 0 Å². The van der Waals surface area contributed by atoms with Crippen molar-refractivity contribution in [3.8, 4) is 0 Å². The first-order valence-corrected chi connectivity index (χ1v) is 7.89. The standard InChI is InChI=1S/C13H23N3OS2/c1-13(2,3)10(15-12(17)14-4)9-16(5)19-11-7-6-8-18-11/h6-8,10H,9H2,1-5H3,(H2,14,15,17)/t10-/m1/s1. The number of nitrogens with one attached hydrogen (secondary N) is 2. The molecule has 1 atom stereocenters. The van der Waals surface area contributed by atoms with Gasteiger partial charge in [0.05, 0.1) is 4.21 Å². The van der Waals surface area contributed by atoms with E-state index < -0.39 is 0 Å². The van der Waals surface area contributed by atoms with Crippen molar-refractivity contribution in [3.63, 3.8) is 0 Å². The van der Waals surface area contributed by atoms with Crippen LogP contribution in [0.5, 0.6) is 0 Å². The Kier molecular flexibility index (Phi) is 6.16.